The third-order valence-corrected chi connectivity index (χ3v) is 5.33. The van der Waals surface area contributed by atoms with Crippen molar-refractivity contribution in [1.29, 1.82) is 0 Å². The molecule has 0 fully saturated rings. The minimum atomic E-state index is -4.40. The third-order valence-electron chi connectivity index (χ3n) is 4.39. The zero-order valence-corrected chi connectivity index (χ0v) is 16.0. The van der Waals surface area contributed by atoms with E-state index < -0.39 is 11.7 Å². The van der Waals surface area contributed by atoms with Crippen LogP contribution in [0.2, 0.25) is 0 Å². The van der Waals surface area contributed by atoms with E-state index in [1.165, 1.54) is 12.3 Å². The predicted molar refractivity (Wildman–Crippen MR) is 105 cm³/mol. The maximum Gasteiger partial charge on any atom is 0.416 e. The summed E-state index contributed by atoms with van der Waals surface area (Å²) in [5.74, 6) is 0.233. The van der Waals surface area contributed by atoms with E-state index >= 15 is 0 Å². The molecule has 0 aliphatic heterocycles. The van der Waals surface area contributed by atoms with Crippen molar-refractivity contribution in [2.24, 2.45) is 0 Å². The fourth-order valence-corrected chi connectivity index (χ4v) is 3.73. The molecule has 2 aromatic heterocycles. The van der Waals surface area contributed by atoms with Crippen molar-refractivity contribution in [3.8, 4) is 5.69 Å². The molecule has 4 aromatic rings. The highest BCUT2D eigenvalue weighted by Crippen LogP contribution is 2.31. The number of para-hydroxylation sites is 1. The Balaban J connectivity index is 1.67. The van der Waals surface area contributed by atoms with Crippen LogP contribution in [0, 0.1) is 6.92 Å². The molecule has 0 saturated heterocycles. The molecule has 0 radical (unpaired) electrons. The Morgan fingerprint density at radius 3 is 2.69 bits per heavy atom. The summed E-state index contributed by atoms with van der Waals surface area (Å²) in [4.78, 5) is 19.6. The summed E-state index contributed by atoms with van der Waals surface area (Å²) in [5.41, 5.74) is 1.60. The van der Waals surface area contributed by atoms with Gasteiger partial charge in [0.1, 0.15) is 5.39 Å². The van der Waals surface area contributed by atoms with Crippen molar-refractivity contribution in [1.82, 2.24) is 19.7 Å². The van der Waals surface area contributed by atoms with Gasteiger partial charge in [0.25, 0.3) is 5.56 Å². The lowest BCUT2D eigenvalue weighted by Gasteiger charge is -2.09. The summed E-state index contributed by atoms with van der Waals surface area (Å²) >= 11 is 1.16. The predicted octanol–water partition coefficient (Wildman–Crippen LogP) is 4.73. The minimum Gasteiger partial charge on any atom is -0.301 e. The molecule has 148 valence electrons. The maximum absolute atomic E-state index is 12.9. The average molecular weight is 416 g/mol. The Kier molecular flexibility index (Phi) is 4.91. The van der Waals surface area contributed by atoms with Crippen LogP contribution in [-0.2, 0) is 11.9 Å². The summed E-state index contributed by atoms with van der Waals surface area (Å²) in [6, 6.07) is 12.7. The van der Waals surface area contributed by atoms with Crippen molar-refractivity contribution < 1.29 is 13.2 Å². The number of aromatic amines is 1. The topological polar surface area (TPSA) is 63.6 Å². The number of fused-ring (bicyclic) bond motifs is 1. The number of rotatable bonds is 4. The number of nitrogens with zero attached hydrogens (tertiary/aromatic N) is 3. The number of hydrogen-bond donors (Lipinski definition) is 1. The summed E-state index contributed by atoms with van der Waals surface area (Å²) in [6.45, 7) is 1.93. The van der Waals surface area contributed by atoms with E-state index in [1.54, 1.807) is 10.7 Å². The molecule has 29 heavy (non-hydrogen) atoms. The van der Waals surface area contributed by atoms with Gasteiger partial charge in [-0.15, -0.1) is 0 Å². The van der Waals surface area contributed by atoms with E-state index in [2.05, 4.69) is 15.1 Å². The number of alkyl halides is 3. The second-order valence-electron chi connectivity index (χ2n) is 6.44. The molecule has 4 rings (SSSR count). The first-order valence-corrected chi connectivity index (χ1v) is 9.64. The van der Waals surface area contributed by atoms with E-state index in [0.717, 1.165) is 35.1 Å². The van der Waals surface area contributed by atoms with Crippen LogP contribution >= 0.6 is 11.8 Å². The molecule has 0 spiro atoms. The van der Waals surface area contributed by atoms with Crippen LogP contribution in [0.3, 0.4) is 0 Å². The van der Waals surface area contributed by atoms with Crippen LogP contribution in [0.15, 0.2) is 64.7 Å². The lowest BCUT2D eigenvalue weighted by Crippen LogP contribution is -2.10. The van der Waals surface area contributed by atoms with E-state index in [1.807, 2.05) is 31.2 Å². The van der Waals surface area contributed by atoms with Crippen LogP contribution in [0.5, 0.6) is 0 Å². The standard InChI is InChI=1S/C20H15F3N4OS/c1-12-5-2-3-8-16(12)27-17-15(10-24-27)18(28)26-19(25-17)29-11-13-6-4-7-14(9-13)20(21,22)23/h2-10H,11H2,1H3,(H,25,26,28). The lowest BCUT2D eigenvalue weighted by molar-refractivity contribution is -0.137. The van der Waals surface area contributed by atoms with Gasteiger partial charge < -0.3 is 4.98 Å². The van der Waals surface area contributed by atoms with Gasteiger partial charge in [-0.25, -0.2) is 9.67 Å². The Bertz CT molecular complexity index is 1250. The van der Waals surface area contributed by atoms with E-state index in [9.17, 15) is 18.0 Å². The van der Waals surface area contributed by atoms with Gasteiger partial charge in [0.15, 0.2) is 10.8 Å². The zero-order valence-electron chi connectivity index (χ0n) is 15.2. The van der Waals surface area contributed by atoms with Crippen LogP contribution in [0.25, 0.3) is 16.7 Å². The van der Waals surface area contributed by atoms with Gasteiger partial charge >= 0.3 is 6.18 Å². The highest BCUT2D eigenvalue weighted by molar-refractivity contribution is 7.98. The third kappa shape index (κ3) is 3.91. The monoisotopic (exact) mass is 416 g/mol. The van der Waals surface area contributed by atoms with Crippen LogP contribution in [0.1, 0.15) is 16.7 Å². The Hall–Kier alpha value is -3.07. The van der Waals surface area contributed by atoms with E-state index in [4.69, 9.17) is 0 Å². The SMILES string of the molecule is Cc1ccccc1-n1ncc2c(=O)[nH]c(SCc3cccc(C(F)(F)F)c3)nc21. The van der Waals surface area contributed by atoms with Gasteiger partial charge in [0.05, 0.1) is 17.4 Å². The number of aromatic nitrogens is 4. The molecule has 1 N–H and O–H groups in total. The molecule has 0 atom stereocenters. The van der Waals surface area contributed by atoms with Crippen LogP contribution in [0.4, 0.5) is 13.2 Å². The Morgan fingerprint density at radius 2 is 1.93 bits per heavy atom. The van der Waals surface area contributed by atoms with Gasteiger partial charge in [0.2, 0.25) is 0 Å². The average Bonchev–Trinajstić information content (AvgIpc) is 3.11. The first-order chi connectivity index (χ1) is 13.8. The lowest BCUT2D eigenvalue weighted by atomic mass is 10.1. The quantitative estimate of drug-likeness (QED) is 0.386. The summed E-state index contributed by atoms with van der Waals surface area (Å²) in [7, 11) is 0. The number of thioether (sulfide) groups is 1. The molecule has 0 unspecified atom stereocenters. The molecule has 0 aliphatic rings. The molecule has 2 aromatic carbocycles. The summed E-state index contributed by atoms with van der Waals surface area (Å²) < 4.78 is 40.2. The Labute approximate surface area is 167 Å². The largest absolute Gasteiger partial charge is 0.416 e. The number of aryl methyl sites for hydroxylation is 1. The number of H-pyrrole nitrogens is 1. The minimum absolute atomic E-state index is 0.233. The summed E-state index contributed by atoms with van der Waals surface area (Å²) in [5, 5.41) is 4.94. The number of hydrogen-bond acceptors (Lipinski definition) is 4. The molecule has 5 nitrogen and oxygen atoms in total. The first kappa shape index (κ1) is 19.3. The first-order valence-electron chi connectivity index (χ1n) is 8.66. The van der Waals surface area contributed by atoms with Crippen molar-refractivity contribution >= 4 is 22.8 Å². The number of halogens is 3. The second kappa shape index (κ2) is 7.40. The fraction of sp³-hybridized carbons (Fsp3) is 0.150. The van der Waals surface area contributed by atoms with Gasteiger partial charge in [-0.2, -0.15) is 18.3 Å². The highest BCUT2D eigenvalue weighted by Gasteiger charge is 2.30. The molecular weight excluding hydrogens is 401 g/mol. The van der Waals surface area contributed by atoms with Crippen molar-refractivity contribution in [3.63, 3.8) is 0 Å². The normalized spacial score (nSPS) is 11.9. The molecule has 0 saturated carbocycles. The highest BCUT2D eigenvalue weighted by atomic mass is 32.2. The molecule has 9 heteroatoms. The van der Waals surface area contributed by atoms with Gasteiger partial charge in [-0.1, -0.05) is 48.2 Å². The molecule has 0 aliphatic carbocycles. The van der Waals surface area contributed by atoms with Crippen molar-refractivity contribution in [2.75, 3.05) is 0 Å². The second-order valence-corrected chi connectivity index (χ2v) is 7.40. The number of benzene rings is 2. The van der Waals surface area contributed by atoms with Gasteiger partial charge in [-0.05, 0) is 30.2 Å². The van der Waals surface area contributed by atoms with Crippen molar-refractivity contribution in [3.05, 3.63) is 81.8 Å². The van der Waals surface area contributed by atoms with E-state index in [-0.39, 0.29) is 11.3 Å². The molecule has 0 bridgehead atoms. The summed E-state index contributed by atoms with van der Waals surface area (Å²) in [6.07, 6.45) is -2.94. The zero-order chi connectivity index (χ0) is 20.6. The van der Waals surface area contributed by atoms with Crippen LogP contribution in [-0.4, -0.2) is 19.7 Å². The number of nitrogens with one attached hydrogen (secondary N) is 1. The van der Waals surface area contributed by atoms with Gasteiger partial charge in [0, 0.05) is 5.75 Å². The van der Waals surface area contributed by atoms with Crippen LogP contribution < -0.4 is 5.56 Å². The fourth-order valence-electron chi connectivity index (χ4n) is 2.93. The maximum atomic E-state index is 12.9. The molecule has 2 heterocycles. The Morgan fingerprint density at radius 1 is 1.14 bits per heavy atom. The molecule has 0 amide bonds. The molecular formula is C20H15F3N4OS. The smallest absolute Gasteiger partial charge is 0.301 e. The van der Waals surface area contributed by atoms with Crippen molar-refractivity contribution in [2.45, 2.75) is 24.0 Å². The van der Waals surface area contributed by atoms with Gasteiger partial charge in [-0.3, -0.25) is 4.79 Å². The van der Waals surface area contributed by atoms with E-state index in [0.29, 0.717) is 21.8 Å².